The predicted molar refractivity (Wildman–Crippen MR) is 135 cm³/mol. The van der Waals surface area contributed by atoms with E-state index in [1.807, 2.05) is 54.6 Å². The molecule has 1 aliphatic heterocycles. The number of fused-ring (bicyclic) bond motifs is 1. The zero-order valence-corrected chi connectivity index (χ0v) is 20.7. The van der Waals surface area contributed by atoms with Crippen LogP contribution in [0.15, 0.2) is 77.3 Å². The molecule has 5 heteroatoms. The highest BCUT2D eigenvalue weighted by Gasteiger charge is 2.50. The second-order valence-electron chi connectivity index (χ2n) is 9.64. The van der Waals surface area contributed by atoms with Crippen LogP contribution in [0.5, 0.6) is 0 Å². The molecule has 0 unspecified atom stereocenters. The van der Waals surface area contributed by atoms with Crippen LogP contribution in [0.25, 0.3) is 0 Å². The van der Waals surface area contributed by atoms with Gasteiger partial charge in [0.1, 0.15) is 0 Å². The summed E-state index contributed by atoms with van der Waals surface area (Å²) in [7, 11) is 0. The van der Waals surface area contributed by atoms with Crippen LogP contribution < -0.4 is 4.90 Å². The van der Waals surface area contributed by atoms with Crippen molar-refractivity contribution in [2.75, 3.05) is 11.4 Å². The predicted octanol–water partition coefficient (Wildman–Crippen LogP) is 5.80. The molecule has 3 aromatic rings. The third-order valence-corrected chi connectivity index (χ3v) is 6.74. The van der Waals surface area contributed by atoms with Crippen molar-refractivity contribution in [3.8, 4) is 0 Å². The Bertz CT molecular complexity index is 1180. The van der Waals surface area contributed by atoms with E-state index in [2.05, 4.69) is 36.7 Å². The monoisotopic (exact) mass is 505 g/mol. The fourth-order valence-corrected chi connectivity index (χ4v) is 4.65. The average Bonchev–Trinajstić information content (AvgIpc) is 2.98. The SMILES string of the molecule is CC(C)(C)c1ccc(C(=O)C[C@@]2(O)C(=O)N(CCc3ccccc3)c3ccc(Br)cc32)cc1. The van der Waals surface area contributed by atoms with Gasteiger partial charge >= 0.3 is 0 Å². The highest BCUT2D eigenvalue weighted by Crippen LogP contribution is 2.44. The van der Waals surface area contributed by atoms with E-state index in [0.29, 0.717) is 29.8 Å². The number of hydrogen-bond donors (Lipinski definition) is 1. The molecule has 1 atom stereocenters. The van der Waals surface area contributed by atoms with Gasteiger partial charge in [0, 0.05) is 22.1 Å². The number of aliphatic hydroxyl groups is 1. The maximum Gasteiger partial charge on any atom is 0.264 e. The summed E-state index contributed by atoms with van der Waals surface area (Å²) < 4.78 is 0.749. The standard InChI is InChI=1S/C28H28BrNO3/c1-27(2,3)21-11-9-20(10-12-21)25(31)18-28(33)23-17-22(29)13-14-24(23)30(26(28)32)16-15-19-7-5-4-6-8-19/h4-14,17,33H,15-16,18H2,1-3H3/t28-/m0/s1. The van der Waals surface area contributed by atoms with Crippen LogP contribution in [0, 0.1) is 0 Å². The summed E-state index contributed by atoms with van der Waals surface area (Å²) in [5.41, 5.74) is 1.92. The first-order valence-corrected chi connectivity index (χ1v) is 11.9. The molecule has 0 spiro atoms. The van der Waals surface area contributed by atoms with E-state index >= 15 is 0 Å². The fourth-order valence-electron chi connectivity index (χ4n) is 4.29. The minimum absolute atomic E-state index is 0.0222. The number of ketones is 1. The van der Waals surface area contributed by atoms with Gasteiger partial charge in [-0.3, -0.25) is 9.59 Å². The second kappa shape index (κ2) is 8.88. The number of carbonyl (C=O) groups is 2. The number of hydrogen-bond acceptors (Lipinski definition) is 3. The van der Waals surface area contributed by atoms with Crippen LogP contribution in [-0.4, -0.2) is 23.3 Å². The number of Topliss-reactive ketones (excluding diaryl/α,β-unsaturated/α-hetero) is 1. The molecule has 0 aromatic heterocycles. The van der Waals surface area contributed by atoms with Crippen LogP contribution >= 0.6 is 15.9 Å². The van der Waals surface area contributed by atoms with Gasteiger partial charge < -0.3 is 10.0 Å². The number of carbonyl (C=O) groups excluding carboxylic acids is 2. The maximum atomic E-state index is 13.5. The second-order valence-corrected chi connectivity index (χ2v) is 10.6. The minimum atomic E-state index is -1.89. The van der Waals surface area contributed by atoms with E-state index in [4.69, 9.17) is 0 Å². The summed E-state index contributed by atoms with van der Waals surface area (Å²) in [6, 6.07) is 22.7. The van der Waals surface area contributed by atoms with E-state index in [1.165, 1.54) is 0 Å². The number of amides is 1. The summed E-state index contributed by atoms with van der Waals surface area (Å²) in [5.74, 6) is -0.715. The lowest BCUT2D eigenvalue weighted by Crippen LogP contribution is -2.42. The molecule has 4 rings (SSSR count). The molecule has 33 heavy (non-hydrogen) atoms. The van der Waals surface area contributed by atoms with E-state index in [0.717, 1.165) is 15.6 Å². The van der Waals surface area contributed by atoms with Gasteiger partial charge in [-0.1, -0.05) is 91.3 Å². The number of halogens is 1. The summed E-state index contributed by atoms with van der Waals surface area (Å²) in [5, 5.41) is 11.6. The number of benzene rings is 3. The third-order valence-electron chi connectivity index (χ3n) is 6.25. The first-order chi connectivity index (χ1) is 15.6. The lowest BCUT2D eigenvalue weighted by Gasteiger charge is -2.23. The molecule has 3 aromatic carbocycles. The largest absolute Gasteiger partial charge is 0.375 e. The molecule has 0 radical (unpaired) electrons. The molecule has 4 nitrogen and oxygen atoms in total. The van der Waals surface area contributed by atoms with Gasteiger partial charge in [-0.15, -0.1) is 0 Å². The van der Waals surface area contributed by atoms with Crippen molar-refractivity contribution in [3.63, 3.8) is 0 Å². The van der Waals surface area contributed by atoms with Gasteiger partial charge in [0.15, 0.2) is 11.4 Å². The third kappa shape index (κ3) is 4.66. The molecule has 0 bridgehead atoms. The van der Waals surface area contributed by atoms with Crippen molar-refractivity contribution in [1.82, 2.24) is 0 Å². The Morgan fingerprint density at radius 1 is 1.00 bits per heavy atom. The van der Waals surface area contributed by atoms with E-state index in [-0.39, 0.29) is 17.6 Å². The molecule has 1 aliphatic rings. The first kappa shape index (κ1) is 23.4. The maximum absolute atomic E-state index is 13.5. The van der Waals surface area contributed by atoms with Gasteiger partial charge in [0.25, 0.3) is 5.91 Å². The Morgan fingerprint density at radius 2 is 1.67 bits per heavy atom. The summed E-state index contributed by atoms with van der Waals surface area (Å²) in [6.07, 6.45) is 0.354. The molecule has 0 saturated heterocycles. The van der Waals surface area contributed by atoms with Crippen LogP contribution in [-0.2, 0) is 22.2 Å². The lowest BCUT2D eigenvalue weighted by atomic mass is 9.85. The highest BCUT2D eigenvalue weighted by atomic mass is 79.9. The number of anilines is 1. The van der Waals surface area contributed by atoms with Crippen LogP contribution in [0.1, 0.15) is 54.2 Å². The smallest absolute Gasteiger partial charge is 0.264 e. The Balaban J connectivity index is 1.61. The Labute approximate surface area is 203 Å². The molecule has 0 aliphatic carbocycles. The van der Waals surface area contributed by atoms with Gasteiger partial charge in [0.2, 0.25) is 0 Å². The Kier molecular flexibility index (Phi) is 6.30. The van der Waals surface area contributed by atoms with E-state index < -0.39 is 11.5 Å². The molecular weight excluding hydrogens is 478 g/mol. The minimum Gasteiger partial charge on any atom is -0.375 e. The van der Waals surface area contributed by atoms with Crippen molar-refractivity contribution in [2.24, 2.45) is 0 Å². The van der Waals surface area contributed by atoms with Crippen LogP contribution in [0.2, 0.25) is 0 Å². The first-order valence-electron chi connectivity index (χ1n) is 11.1. The summed E-state index contributed by atoms with van der Waals surface area (Å²) in [6.45, 7) is 6.77. The van der Waals surface area contributed by atoms with Crippen molar-refractivity contribution < 1.29 is 14.7 Å². The van der Waals surface area contributed by atoms with Gasteiger partial charge in [-0.2, -0.15) is 0 Å². The zero-order chi connectivity index (χ0) is 23.8. The van der Waals surface area contributed by atoms with Crippen molar-refractivity contribution in [2.45, 2.75) is 44.6 Å². The zero-order valence-electron chi connectivity index (χ0n) is 19.1. The van der Waals surface area contributed by atoms with Crippen molar-refractivity contribution >= 4 is 33.3 Å². The molecule has 1 N–H and O–H groups in total. The molecule has 0 fully saturated rings. The summed E-state index contributed by atoms with van der Waals surface area (Å²) in [4.78, 5) is 28.2. The Morgan fingerprint density at radius 3 is 2.30 bits per heavy atom. The molecule has 0 saturated carbocycles. The average molecular weight is 506 g/mol. The molecule has 170 valence electrons. The molecule has 1 heterocycles. The quantitative estimate of drug-likeness (QED) is 0.430. The lowest BCUT2D eigenvalue weighted by molar-refractivity contribution is -0.135. The van der Waals surface area contributed by atoms with Gasteiger partial charge in [-0.05, 0) is 41.2 Å². The molecule has 1 amide bonds. The van der Waals surface area contributed by atoms with Crippen molar-refractivity contribution in [3.05, 3.63) is 99.5 Å². The van der Waals surface area contributed by atoms with Gasteiger partial charge in [-0.25, -0.2) is 0 Å². The highest BCUT2D eigenvalue weighted by molar-refractivity contribution is 9.10. The Hall–Kier alpha value is -2.76. The normalized spacial score (nSPS) is 17.8. The fraction of sp³-hybridized carbons (Fsp3) is 0.286. The van der Waals surface area contributed by atoms with Crippen molar-refractivity contribution in [1.29, 1.82) is 0 Å². The van der Waals surface area contributed by atoms with Gasteiger partial charge in [0.05, 0.1) is 12.1 Å². The topological polar surface area (TPSA) is 57.6 Å². The number of nitrogens with zero attached hydrogens (tertiary/aromatic N) is 1. The number of rotatable bonds is 6. The van der Waals surface area contributed by atoms with E-state index in [1.54, 1.807) is 23.1 Å². The molecular formula is C28H28BrNO3. The summed E-state index contributed by atoms with van der Waals surface area (Å²) >= 11 is 3.44. The van der Waals surface area contributed by atoms with E-state index in [9.17, 15) is 14.7 Å². The van der Waals surface area contributed by atoms with Crippen LogP contribution in [0.4, 0.5) is 5.69 Å². The van der Waals surface area contributed by atoms with Crippen LogP contribution in [0.3, 0.4) is 0 Å².